The van der Waals surface area contributed by atoms with Gasteiger partial charge in [-0.05, 0) is 42.7 Å². The number of nitrogens with one attached hydrogen (secondary N) is 2. The highest BCUT2D eigenvalue weighted by Gasteiger charge is 2.12. The van der Waals surface area contributed by atoms with Gasteiger partial charge in [-0.15, -0.1) is 0 Å². The van der Waals surface area contributed by atoms with Crippen molar-refractivity contribution in [2.45, 2.75) is 20.0 Å². The van der Waals surface area contributed by atoms with Crippen LogP contribution in [0.5, 0.6) is 0 Å². The third-order valence-corrected chi connectivity index (χ3v) is 3.37. The molecule has 3 N–H and O–H groups in total. The molecule has 0 radical (unpaired) electrons. The van der Waals surface area contributed by atoms with Crippen molar-refractivity contribution in [3.8, 4) is 0 Å². The number of aliphatic hydroxyl groups is 1. The molecule has 1 unspecified atom stereocenters. The highest BCUT2D eigenvalue weighted by atomic mass is 19.1. The first-order chi connectivity index (χ1) is 10.5. The van der Waals surface area contributed by atoms with Gasteiger partial charge in [0, 0.05) is 6.54 Å². The van der Waals surface area contributed by atoms with Crippen LogP contribution in [-0.2, 0) is 0 Å². The molecule has 0 aliphatic rings. The van der Waals surface area contributed by atoms with Crippen molar-refractivity contribution in [2.75, 3.05) is 11.9 Å². The lowest BCUT2D eigenvalue weighted by atomic mass is 10.0. The van der Waals surface area contributed by atoms with E-state index in [0.717, 1.165) is 16.7 Å². The Morgan fingerprint density at radius 1 is 1.23 bits per heavy atom. The smallest absolute Gasteiger partial charge is 0.319 e. The maximum Gasteiger partial charge on any atom is 0.319 e. The Morgan fingerprint density at radius 2 is 1.95 bits per heavy atom. The summed E-state index contributed by atoms with van der Waals surface area (Å²) in [6.07, 6.45) is -0.811. The molecule has 1 atom stereocenters. The van der Waals surface area contributed by atoms with Crippen LogP contribution in [0.1, 0.15) is 22.8 Å². The Kier molecular flexibility index (Phi) is 5.12. The van der Waals surface area contributed by atoms with Gasteiger partial charge in [0.05, 0.1) is 11.8 Å². The highest BCUT2D eigenvalue weighted by Crippen LogP contribution is 2.17. The largest absolute Gasteiger partial charge is 0.387 e. The molecule has 0 aliphatic heterocycles. The highest BCUT2D eigenvalue weighted by molar-refractivity contribution is 5.89. The molecule has 116 valence electrons. The Morgan fingerprint density at radius 3 is 2.68 bits per heavy atom. The van der Waals surface area contributed by atoms with Gasteiger partial charge in [0.25, 0.3) is 0 Å². The van der Waals surface area contributed by atoms with Crippen LogP contribution in [0.15, 0.2) is 42.5 Å². The monoisotopic (exact) mass is 302 g/mol. The van der Waals surface area contributed by atoms with Crippen LogP contribution in [0.4, 0.5) is 14.9 Å². The molecule has 4 nitrogen and oxygen atoms in total. The normalized spacial score (nSPS) is 11.8. The third-order valence-electron chi connectivity index (χ3n) is 3.37. The second-order valence-electron chi connectivity index (χ2n) is 5.19. The van der Waals surface area contributed by atoms with E-state index in [9.17, 15) is 14.3 Å². The fourth-order valence-electron chi connectivity index (χ4n) is 2.16. The van der Waals surface area contributed by atoms with E-state index in [4.69, 9.17) is 0 Å². The maximum absolute atomic E-state index is 13.6. The van der Waals surface area contributed by atoms with Crippen LogP contribution in [-0.4, -0.2) is 17.7 Å². The predicted octanol–water partition coefficient (Wildman–Crippen LogP) is 3.30. The zero-order valence-corrected chi connectivity index (χ0v) is 12.6. The van der Waals surface area contributed by atoms with Gasteiger partial charge in [0.1, 0.15) is 5.82 Å². The number of amides is 2. The first kappa shape index (κ1) is 16.0. The minimum atomic E-state index is -0.811. The standard InChI is InChI=1S/C17H19FN2O2/c1-11-7-8-14(18)15(9-11)20-17(22)19-10-16(21)13-6-4-3-5-12(13)2/h3-9,16,21H,10H2,1-2H3,(H2,19,20,22). The molecule has 2 rings (SSSR count). The van der Waals surface area contributed by atoms with E-state index in [-0.39, 0.29) is 12.2 Å². The summed E-state index contributed by atoms with van der Waals surface area (Å²) in [6, 6.07) is 11.3. The van der Waals surface area contributed by atoms with Crippen molar-refractivity contribution in [2.24, 2.45) is 0 Å². The molecular formula is C17H19FN2O2. The Balaban J connectivity index is 1.93. The van der Waals surface area contributed by atoms with Crippen molar-refractivity contribution in [1.29, 1.82) is 0 Å². The summed E-state index contributed by atoms with van der Waals surface area (Å²) in [5, 5.41) is 15.1. The number of aryl methyl sites for hydroxylation is 2. The molecule has 2 aromatic carbocycles. The zero-order valence-electron chi connectivity index (χ0n) is 12.6. The van der Waals surface area contributed by atoms with Crippen LogP contribution in [0.25, 0.3) is 0 Å². The molecule has 0 heterocycles. The summed E-state index contributed by atoms with van der Waals surface area (Å²) >= 11 is 0. The summed E-state index contributed by atoms with van der Waals surface area (Å²) in [6.45, 7) is 3.75. The van der Waals surface area contributed by atoms with Crippen molar-refractivity contribution in [3.05, 3.63) is 65.0 Å². The number of urea groups is 1. The van der Waals surface area contributed by atoms with Crippen LogP contribution < -0.4 is 10.6 Å². The molecule has 2 aromatic rings. The fourth-order valence-corrected chi connectivity index (χ4v) is 2.16. The molecule has 22 heavy (non-hydrogen) atoms. The van der Waals surface area contributed by atoms with Gasteiger partial charge in [0.15, 0.2) is 0 Å². The van der Waals surface area contributed by atoms with E-state index in [2.05, 4.69) is 10.6 Å². The summed E-state index contributed by atoms with van der Waals surface area (Å²) in [5.41, 5.74) is 2.66. The number of benzene rings is 2. The van der Waals surface area contributed by atoms with E-state index >= 15 is 0 Å². The molecule has 0 saturated carbocycles. The number of hydrogen-bond acceptors (Lipinski definition) is 2. The van der Waals surface area contributed by atoms with Gasteiger partial charge < -0.3 is 15.7 Å². The molecule has 0 bridgehead atoms. The van der Waals surface area contributed by atoms with Crippen molar-refractivity contribution in [1.82, 2.24) is 5.32 Å². The van der Waals surface area contributed by atoms with E-state index in [1.807, 2.05) is 32.0 Å². The zero-order chi connectivity index (χ0) is 16.1. The third kappa shape index (κ3) is 4.05. The van der Waals surface area contributed by atoms with Crippen LogP contribution in [0.3, 0.4) is 0 Å². The summed E-state index contributed by atoms with van der Waals surface area (Å²) in [4.78, 5) is 11.8. The molecule has 0 spiro atoms. The lowest BCUT2D eigenvalue weighted by molar-refractivity contribution is 0.174. The summed E-state index contributed by atoms with van der Waals surface area (Å²) in [7, 11) is 0. The van der Waals surface area contributed by atoms with Gasteiger partial charge in [-0.25, -0.2) is 9.18 Å². The lowest BCUT2D eigenvalue weighted by Gasteiger charge is -2.15. The van der Waals surface area contributed by atoms with Gasteiger partial charge in [-0.3, -0.25) is 0 Å². The number of rotatable bonds is 4. The molecule has 2 amide bonds. The average molecular weight is 302 g/mol. The summed E-state index contributed by atoms with van der Waals surface area (Å²) < 4.78 is 13.6. The van der Waals surface area contributed by atoms with Gasteiger partial charge in [0.2, 0.25) is 0 Å². The predicted molar refractivity (Wildman–Crippen MR) is 84.3 cm³/mol. The van der Waals surface area contributed by atoms with Crippen molar-refractivity contribution >= 4 is 11.7 Å². The minimum Gasteiger partial charge on any atom is -0.387 e. The number of anilines is 1. The lowest BCUT2D eigenvalue weighted by Crippen LogP contribution is -2.32. The van der Waals surface area contributed by atoms with E-state index < -0.39 is 18.0 Å². The second-order valence-corrected chi connectivity index (χ2v) is 5.19. The number of carbonyl (C=O) groups excluding carboxylic acids is 1. The Bertz CT molecular complexity index is 673. The van der Waals surface area contributed by atoms with Gasteiger partial charge in [-0.1, -0.05) is 30.3 Å². The first-order valence-corrected chi connectivity index (χ1v) is 7.02. The van der Waals surface area contributed by atoms with Crippen molar-refractivity contribution < 1.29 is 14.3 Å². The van der Waals surface area contributed by atoms with Gasteiger partial charge in [-0.2, -0.15) is 0 Å². The number of halogens is 1. The average Bonchev–Trinajstić information content (AvgIpc) is 2.49. The molecule has 0 fully saturated rings. The van der Waals surface area contributed by atoms with Crippen LogP contribution in [0.2, 0.25) is 0 Å². The fraction of sp³-hybridized carbons (Fsp3) is 0.235. The maximum atomic E-state index is 13.6. The molecule has 0 aromatic heterocycles. The SMILES string of the molecule is Cc1ccc(F)c(NC(=O)NCC(O)c2ccccc2C)c1. The molecular weight excluding hydrogens is 283 g/mol. The van der Waals surface area contributed by atoms with Crippen LogP contribution in [0, 0.1) is 19.7 Å². The molecule has 0 saturated heterocycles. The quantitative estimate of drug-likeness (QED) is 0.811. The molecule has 0 aliphatic carbocycles. The number of carbonyl (C=O) groups is 1. The summed E-state index contributed by atoms with van der Waals surface area (Å²) in [5.74, 6) is -0.500. The number of hydrogen-bond donors (Lipinski definition) is 3. The minimum absolute atomic E-state index is 0.0458. The first-order valence-electron chi connectivity index (χ1n) is 7.02. The molecule has 5 heteroatoms. The van der Waals surface area contributed by atoms with E-state index in [1.54, 1.807) is 18.2 Å². The van der Waals surface area contributed by atoms with E-state index in [0.29, 0.717) is 0 Å². The van der Waals surface area contributed by atoms with Gasteiger partial charge >= 0.3 is 6.03 Å². The number of aliphatic hydroxyl groups excluding tert-OH is 1. The second kappa shape index (κ2) is 7.04. The van der Waals surface area contributed by atoms with E-state index in [1.165, 1.54) is 6.07 Å². The van der Waals surface area contributed by atoms with Crippen LogP contribution >= 0.6 is 0 Å². The topological polar surface area (TPSA) is 61.4 Å². The van der Waals surface area contributed by atoms with Crippen molar-refractivity contribution in [3.63, 3.8) is 0 Å². The Hall–Kier alpha value is -2.40. The Labute approximate surface area is 129 Å².